The number of piperazine rings is 1. The Kier molecular flexibility index (Phi) is 7.59. The Morgan fingerprint density at radius 3 is 2.53 bits per heavy atom. The van der Waals surface area contributed by atoms with Crippen LogP contribution in [0.15, 0.2) is 34.8 Å². The molecule has 1 N–H and O–H groups in total. The molecular weight excluding hydrogens is 516 g/mol. The van der Waals surface area contributed by atoms with Crippen molar-refractivity contribution < 1.29 is 14.1 Å². The second kappa shape index (κ2) is 10.1. The van der Waals surface area contributed by atoms with Gasteiger partial charge in [-0.05, 0) is 58.0 Å². The number of carbonyl (C=O) groups is 1. The summed E-state index contributed by atoms with van der Waals surface area (Å²) in [4.78, 5) is 22.4. The molecule has 2 aliphatic rings. The van der Waals surface area contributed by atoms with Crippen LogP contribution in [-0.4, -0.2) is 78.9 Å². The highest BCUT2D eigenvalue weighted by Gasteiger charge is 2.40. The maximum atomic E-state index is 13.5. The molecule has 2 aliphatic heterocycles. The van der Waals surface area contributed by atoms with Gasteiger partial charge in [-0.1, -0.05) is 28.1 Å². The lowest BCUT2D eigenvalue weighted by molar-refractivity contribution is 0.0658. The molecule has 2 atom stereocenters. The van der Waals surface area contributed by atoms with E-state index in [0.717, 1.165) is 39.9 Å². The van der Waals surface area contributed by atoms with Crippen LogP contribution < -0.4 is 0 Å². The molecule has 0 radical (unpaired) electrons. The zero-order valence-corrected chi connectivity index (χ0v) is 22.7. The van der Waals surface area contributed by atoms with Gasteiger partial charge in [0, 0.05) is 54.9 Å². The number of hydrogen-bond donors (Lipinski definition) is 1. The van der Waals surface area contributed by atoms with Crippen LogP contribution in [0.3, 0.4) is 0 Å². The molecular formula is C25H33BrN4O3S. The topological polar surface area (TPSA) is 77.0 Å². The predicted octanol–water partition coefficient (Wildman–Crippen LogP) is 3.60. The molecule has 0 aliphatic carbocycles. The van der Waals surface area contributed by atoms with E-state index in [1.165, 1.54) is 0 Å². The molecule has 1 aromatic heterocycles. The van der Waals surface area contributed by atoms with Gasteiger partial charge in [-0.3, -0.25) is 4.79 Å². The fourth-order valence-corrected chi connectivity index (χ4v) is 6.41. The van der Waals surface area contributed by atoms with Crippen molar-refractivity contribution in [1.82, 2.24) is 19.1 Å². The quantitative estimate of drug-likeness (QED) is 0.617. The predicted molar refractivity (Wildman–Crippen MR) is 139 cm³/mol. The number of nitrogens with zero attached hydrogens (tertiary/aromatic N) is 4. The average molecular weight is 550 g/mol. The maximum absolute atomic E-state index is 13.5. The third-order valence-electron chi connectivity index (χ3n) is 6.40. The number of aliphatic hydroxyl groups is 1. The van der Waals surface area contributed by atoms with Crippen LogP contribution in [0.1, 0.15) is 54.8 Å². The number of aromatic nitrogens is 1. The van der Waals surface area contributed by atoms with Gasteiger partial charge in [0.2, 0.25) is 0 Å². The molecule has 1 aromatic carbocycles. The Morgan fingerprint density at radius 2 is 1.91 bits per heavy atom. The minimum Gasteiger partial charge on any atom is -0.396 e. The number of hydrogen-bond acceptors (Lipinski definition) is 5. The summed E-state index contributed by atoms with van der Waals surface area (Å²) in [5.41, 5.74) is 3.95. The van der Waals surface area contributed by atoms with Crippen molar-refractivity contribution >= 4 is 32.8 Å². The average Bonchev–Trinajstić information content (AvgIpc) is 3.15. The summed E-state index contributed by atoms with van der Waals surface area (Å²) in [6, 6.07) is 9.51. The van der Waals surface area contributed by atoms with Crippen LogP contribution >= 0.6 is 15.9 Å². The fourth-order valence-electron chi connectivity index (χ4n) is 4.61. The van der Waals surface area contributed by atoms with E-state index in [4.69, 9.17) is 4.98 Å². The zero-order chi connectivity index (χ0) is 24.6. The van der Waals surface area contributed by atoms with E-state index >= 15 is 0 Å². The number of fused-ring (bicyclic) bond motifs is 1. The van der Waals surface area contributed by atoms with E-state index in [2.05, 4.69) is 27.9 Å². The first-order valence-corrected chi connectivity index (χ1v) is 13.6. The lowest BCUT2D eigenvalue weighted by atomic mass is 9.96. The number of carbonyl (C=O) groups excluding carboxylic acids is 1. The van der Waals surface area contributed by atoms with E-state index in [1.807, 2.05) is 60.3 Å². The summed E-state index contributed by atoms with van der Waals surface area (Å²) in [6.45, 7) is 9.32. The first kappa shape index (κ1) is 25.4. The highest BCUT2D eigenvalue weighted by Crippen LogP contribution is 2.44. The molecule has 7 nitrogen and oxygen atoms in total. The van der Waals surface area contributed by atoms with Crippen LogP contribution in [0.4, 0.5) is 0 Å². The van der Waals surface area contributed by atoms with Gasteiger partial charge < -0.3 is 14.9 Å². The molecule has 0 spiro atoms. The lowest BCUT2D eigenvalue weighted by Crippen LogP contribution is -2.47. The van der Waals surface area contributed by atoms with E-state index in [1.54, 1.807) is 0 Å². The second-order valence-corrected chi connectivity index (χ2v) is 13.1. The number of halogens is 1. The zero-order valence-electron chi connectivity index (χ0n) is 20.3. The summed E-state index contributed by atoms with van der Waals surface area (Å²) in [5.74, 6) is -0.0683. The van der Waals surface area contributed by atoms with Crippen molar-refractivity contribution in [2.24, 2.45) is 0 Å². The number of likely N-dealkylation sites (N-methyl/N-ethyl adjacent to an activating group) is 1. The SMILES string of the molecule is CN1CCN(C(=O)c2cc3c(c(-c4cccc(Br)c4)n2)[C@H](CCO)N(S(=O)C(C)(C)C)C3)CC1. The molecule has 0 bridgehead atoms. The first-order valence-electron chi connectivity index (χ1n) is 11.7. The Bertz CT molecular complexity index is 1100. The molecule has 184 valence electrons. The Morgan fingerprint density at radius 1 is 1.21 bits per heavy atom. The van der Waals surface area contributed by atoms with Gasteiger partial charge in [0.05, 0.1) is 16.5 Å². The molecule has 4 rings (SSSR count). The van der Waals surface area contributed by atoms with Crippen LogP contribution in [0, 0.1) is 0 Å². The van der Waals surface area contributed by atoms with Crippen LogP contribution in [0.25, 0.3) is 11.3 Å². The highest BCUT2D eigenvalue weighted by molar-refractivity contribution is 9.10. The maximum Gasteiger partial charge on any atom is 0.272 e. The summed E-state index contributed by atoms with van der Waals surface area (Å²) < 4.78 is 15.9. The van der Waals surface area contributed by atoms with Crippen molar-refractivity contribution in [3.63, 3.8) is 0 Å². The highest BCUT2D eigenvalue weighted by atomic mass is 79.9. The van der Waals surface area contributed by atoms with Crippen LogP contribution in [0.2, 0.25) is 0 Å². The standard InChI is InChI=1S/C25H33BrN4O3S/c1-25(2,3)34(33)30-16-18-15-20(24(32)29-11-9-28(4)10-12-29)27-23(22(18)21(30)8-13-31)17-6-5-7-19(26)14-17/h5-7,14-15,21,31H,8-13,16H2,1-4H3/t21-,34?/m0/s1. The summed E-state index contributed by atoms with van der Waals surface area (Å²) in [6.07, 6.45) is 0.448. The molecule has 1 unspecified atom stereocenters. The van der Waals surface area contributed by atoms with Crippen molar-refractivity contribution in [2.45, 2.75) is 44.5 Å². The van der Waals surface area contributed by atoms with Crippen LogP contribution in [0.5, 0.6) is 0 Å². The molecule has 1 amide bonds. The van der Waals surface area contributed by atoms with Gasteiger partial charge in [0.25, 0.3) is 5.91 Å². The number of pyridine rings is 1. The number of benzene rings is 1. The van der Waals surface area contributed by atoms with Crippen molar-refractivity contribution in [1.29, 1.82) is 0 Å². The van der Waals surface area contributed by atoms with Gasteiger partial charge in [-0.15, -0.1) is 0 Å². The van der Waals surface area contributed by atoms with E-state index in [9.17, 15) is 14.1 Å². The number of amides is 1. The van der Waals surface area contributed by atoms with Gasteiger partial charge >= 0.3 is 0 Å². The molecule has 1 saturated heterocycles. The van der Waals surface area contributed by atoms with Crippen LogP contribution in [-0.2, 0) is 17.5 Å². The van der Waals surface area contributed by atoms with Crippen molar-refractivity contribution in [3.05, 3.63) is 51.6 Å². The number of rotatable bonds is 5. The summed E-state index contributed by atoms with van der Waals surface area (Å²) in [5, 5.41) is 9.88. The lowest BCUT2D eigenvalue weighted by Gasteiger charge is -2.32. The molecule has 2 aromatic rings. The molecule has 1 fully saturated rings. The molecule has 34 heavy (non-hydrogen) atoms. The van der Waals surface area contributed by atoms with E-state index in [-0.39, 0.29) is 18.6 Å². The van der Waals surface area contributed by atoms with Gasteiger partial charge in [-0.2, -0.15) is 0 Å². The van der Waals surface area contributed by atoms with Gasteiger partial charge in [-0.25, -0.2) is 13.5 Å². The summed E-state index contributed by atoms with van der Waals surface area (Å²) in [7, 11) is 0.781. The van der Waals surface area contributed by atoms with Gasteiger partial charge in [0.15, 0.2) is 0 Å². The normalized spacial score (nSPS) is 20.4. The first-order chi connectivity index (χ1) is 16.1. The van der Waals surface area contributed by atoms with Gasteiger partial charge in [0.1, 0.15) is 16.7 Å². The van der Waals surface area contributed by atoms with E-state index < -0.39 is 15.7 Å². The number of aliphatic hydroxyl groups excluding tert-OH is 1. The third-order valence-corrected chi connectivity index (χ3v) is 8.75. The molecule has 3 heterocycles. The minimum atomic E-state index is -1.28. The smallest absolute Gasteiger partial charge is 0.272 e. The minimum absolute atomic E-state index is 0.0259. The Labute approximate surface area is 212 Å². The van der Waals surface area contributed by atoms with Crippen molar-refractivity contribution in [3.8, 4) is 11.3 Å². The molecule has 9 heteroatoms. The second-order valence-electron chi connectivity index (χ2n) is 10.00. The van der Waals surface area contributed by atoms with Crippen molar-refractivity contribution in [2.75, 3.05) is 39.8 Å². The monoisotopic (exact) mass is 548 g/mol. The Balaban J connectivity index is 1.83. The Hall–Kier alpha value is -1.65. The summed E-state index contributed by atoms with van der Waals surface area (Å²) >= 11 is 3.56. The molecule has 0 saturated carbocycles. The third kappa shape index (κ3) is 5.14. The largest absolute Gasteiger partial charge is 0.396 e. The fraction of sp³-hybridized carbons (Fsp3) is 0.520. The van der Waals surface area contributed by atoms with E-state index in [0.29, 0.717) is 31.7 Å².